The molecule has 9 heteroatoms. The first-order valence-electron chi connectivity index (χ1n) is 12.7. The molecule has 2 N–H and O–H groups in total. The normalized spacial score (nSPS) is 21.7. The molecule has 0 aromatic heterocycles. The molecule has 2 aromatic carbocycles. The molecule has 200 valence electrons. The first-order valence-corrected chi connectivity index (χ1v) is 13.7. The summed E-state index contributed by atoms with van der Waals surface area (Å²) >= 11 is 1.70. The Balaban J connectivity index is 0.00000176. The first-order chi connectivity index (χ1) is 17.2. The minimum Gasteiger partial charge on any atom is -0.397 e. The lowest BCUT2D eigenvalue weighted by Gasteiger charge is -2.44. The number of piperidine rings is 1. The fourth-order valence-electron chi connectivity index (χ4n) is 5.37. The maximum atomic E-state index is 13.6. The molecule has 2 aromatic rings. The van der Waals surface area contributed by atoms with Gasteiger partial charge in [0.05, 0.1) is 17.8 Å². The van der Waals surface area contributed by atoms with E-state index in [1.54, 1.807) is 28.8 Å². The Kier molecular flexibility index (Phi) is 10.3. The van der Waals surface area contributed by atoms with Gasteiger partial charge in [-0.3, -0.25) is 4.90 Å². The van der Waals surface area contributed by atoms with Crippen molar-refractivity contribution in [1.29, 1.82) is 0 Å². The van der Waals surface area contributed by atoms with E-state index in [1.807, 2.05) is 13.8 Å². The Hall–Kier alpha value is -2.00. The largest absolute Gasteiger partial charge is 0.397 e. The summed E-state index contributed by atoms with van der Waals surface area (Å²) in [6.45, 7) is 4.76. The predicted octanol–water partition coefficient (Wildman–Crippen LogP) is 7.51. The predicted molar refractivity (Wildman–Crippen MR) is 138 cm³/mol. The molecule has 3 nitrogen and oxygen atoms in total. The zero-order valence-corrected chi connectivity index (χ0v) is 21.7. The zero-order valence-electron chi connectivity index (χ0n) is 20.9. The number of hydrogen-bond acceptors (Lipinski definition) is 4. The molecular weight excluding hydrogens is 493 g/mol. The zero-order chi connectivity index (χ0) is 26.3. The summed E-state index contributed by atoms with van der Waals surface area (Å²) in [6.07, 6.45) is -0.583. The summed E-state index contributed by atoms with van der Waals surface area (Å²) in [7, 11) is 0. The number of nitrogens with two attached hydrogens (primary N) is 1. The van der Waals surface area contributed by atoms with Gasteiger partial charge in [0.25, 0.3) is 0 Å². The molecule has 0 amide bonds. The van der Waals surface area contributed by atoms with Crippen LogP contribution in [-0.2, 0) is 0 Å². The van der Waals surface area contributed by atoms with Gasteiger partial charge in [0.1, 0.15) is 11.6 Å². The van der Waals surface area contributed by atoms with Gasteiger partial charge in [0.2, 0.25) is 0 Å². The maximum Gasteiger partial charge on any atom is 0.390 e. The van der Waals surface area contributed by atoms with E-state index in [-0.39, 0.29) is 24.1 Å². The second-order valence-electron chi connectivity index (χ2n) is 9.17. The summed E-state index contributed by atoms with van der Waals surface area (Å²) in [5, 5.41) is 0. The standard InChI is InChI=1S/C25H30F5N3S.C2H6/c26-17-2-7-22(8-3-17)34-13-1-11-32-19-5-6-20(32)16-21(15-19)33(12-10-25(28,29)30)24-9-4-18(27)14-23(24)31;1-2/h2-4,7-9,14,19-21H,1,5-6,10-13,15-16,31H2;1-2H3. The second kappa shape index (κ2) is 13.0. The van der Waals surface area contributed by atoms with Crippen molar-refractivity contribution in [2.45, 2.75) is 81.6 Å². The summed E-state index contributed by atoms with van der Waals surface area (Å²) in [6, 6.07) is 11.0. The highest BCUT2D eigenvalue weighted by atomic mass is 32.2. The minimum absolute atomic E-state index is 0.0579. The molecular formula is C27H36F5N3S. The molecule has 0 spiro atoms. The van der Waals surface area contributed by atoms with Crippen LogP contribution in [0.2, 0.25) is 0 Å². The van der Waals surface area contributed by atoms with E-state index in [4.69, 9.17) is 5.73 Å². The summed E-state index contributed by atoms with van der Waals surface area (Å²) in [5.41, 5.74) is 6.68. The van der Waals surface area contributed by atoms with Gasteiger partial charge in [-0.25, -0.2) is 8.78 Å². The van der Waals surface area contributed by atoms with Gasteiger partial charge in [0.15, 0.2) is 0 Å². The van der Waals surface area contributed by atoms with Gasteiger partial charge < -0.3 is 10.6 Å². The maximum absolute atomic E-state index is 13.6. The van der Waals surface area contributed by atoms with E-state index in [9.17, 15) is 22.0 Å². The Morgan fingerprint density at radius 1 is 0.972 bits per heavy atom. The average molecular weight is 530 g/mol. The summed E-state index contributed by atoms with van der Waals surface area (Å²) < 4.78 is 65.8. The Labute approximate surface area is 215 Å². The second-order valence-corrected chi connectivity index (χ2v) is 10.3. The van der Waals surface area contributed by atoms with Gasteiger partial charge in [0, 0.05) is 29.6 Å². The fourth-order valence-corrected chi connectivity index (χ4v) is 6.20. The highest BCUT2D eigenvalue weighted by Gasteiger charge is 2.43. The molecule has 2 bridgehead atoms. The SMILES string of the molecule is CC.Nc1cc(F)ccc1N(CCC(F)(F)F)C1CC2CCC(C1)N2CCCSc1ccc(F)cc1. The number of anilines is 2. The van der Waals surface area contributed by atoms with Crippen LogP contribution in [0.1, 0.15) is 52.4 Å². The number of nitrogens with zero attached hydrogens (tertiary/aromatic N) is 2. The van der Waals surface area contributed by atoms with E-state index < -0.39 is 18.4 Å². The third-order valence-corrected chi connectivity index (χ3v) is 7.98. The van der Waals surface area contributed by atoms with Crippen molar-refractivity contribution in [2.24, 2.45) is 0 Å². The molecule has 2 heterocycles. The lowest BCUT2D eigenvalue weighted by molar-refractivity contribution is -0.132. The molecule has 0 saturated carbocycles. The van der Waals surface area contributed by atoms with Crippen LogP contribution in [0.3, 0.4) is 0 Å². The van der Waals surface area contributed by atoms with Crippen molar-refractivity contribution in [3.63, 3.8) is 0 Å². The van der Waals surface area contributed by atoms with E-state index in [2.05, 4.69) is 4.90 Å². The Morgan fingerprint density at radius 3 is 2.17 bits per heavy atom. The number of rotatable bonds is 9. The highest BCUT2D eigenvalue weighted by Crippen LogP contribution is 2.40. The summed E-state index contributed by atoms with van der Waals surface area (Å²) in [4.78, 5) is 5.31. The van der Waals surface area contributed by atoms with Crippen molar-refractivity contribution >= 4 is 23.1 Å². The number of halogens is 5. The van der Waals surface area contributed by atoms with Crippen molar-refractivity contribution in [3.8, 4) is 0 Å². The molecule has 2 unspecified atom stereocenters. The molecule has 36 heavy (non-hydrogen) atoms. The van der Waals surface area contributed by atoms with Crippen molar-refractivity contribution in [1.82, 2.24) is 4.90 Å². The lowest BCUT2D eigenvalue weighted by Crippen LogP contribution is -2.51. The number of fused-ring (bicyclic) bond motifs is 2. The van der Waals surface area contributed by atoms with E-state index >= 15 is 0 Å². The molecule has 2 aliphatic heterocycles. The minimum atomic E-state index is -4.27. The molecule has 0 aliphatic carbocycles. The Bertz CT molecular complexity index is 939. The van der Waals surface area contributed by atoms with Crippen LogP contribution in [0.4, 0.5) is 33.3 Å². The van der Waals surface area contributed by atoms with Crippen molar-refractivity contribution < 1.29 is 22.0 Å². The Morgan fingerprint density at radius 2 is 1.58 bits per heavy atom. The van der Waals surface area contributed by atoms with Crippen LogP contribution < -0.4 is 10.6 Å². The lowest BCUT2D eigenvalue weighted by atomic mass is 9.94. The third kappa shape index (κ3) is 7.75. The van der Waals surface area contributed by atoms with Crippen LogP contribution in [0.5, 0.6) is 0 Å². The van der Waals surface area contributed by atoms with Crippen molar-refractivity contribution in [3.05, 3.63) is 54.1 Å². The first kappa shape index (κ1) is 28.6. The van der Waals surface area contributed by atoms with Crippen LogP contribution in [-0.4, -0.2) is 48.0 Å². The van der Waals surface area contributed by atoms with E-state index in [0.29, 0.717) is 17.8 Å². The molecule has 2 aliphatic rings. The number of benzene rings is 2. The summed E-state index contributed by atoms with van der Waals surface area (Å²) in [5.74, 6) is 0.190. The van der Waals surface area contributed by atoms with Gasteiger partial charge in [-0.1, -0.05) is 13.8 Å². The number of alkyl halides is 3. The molecule has 2 saturated heterocycles. The van der Waals surface area contributed by atoms with Gasteiger partial charge >= 0.3 is 6.18 Å². The van der Waals surface area contributed by atoms with Gasteiger partial charge in [-0.15, -0.1) is 11.8 Å². The number of hydrogen-bond donors (Lipinski definition) is 1. The molecule has 2 fully saturated rings. The molecule has 2 atom stereocenters. The van der Waals surface area contributed by atoms with Crippen LogP contribution in [0.25, 0.3) is 0 Å². The van der Waals surface area contributed by atoms with Crippen LogP contribution in [0.15, 0.2) is 47.4 Å². The fraction of sp³-hybridized carbons (Fsp3) is 0.556. The highest BCUT2D eigenvalue weighted by molar-refractivity contribution is 7.99. The van der Waals surface area contributed by atoms with Gasteiger partial charge in [-0.05, 0) is 86.9 Å². The van der Waals surface area contributed by atoms with Gasteiger partial charge in [-0.2, -0.15) is 13.2 Å². The monoisotopic (exact) mass is 529 g/mol. The third-order valence-electron chi connectivity index (χ3n) is 6.88. The smallest absolute Gasteiger partial charge is 0.390 e. The average Bonchev–Trinajstić information content (AvgIpc) is 3.06. The quantitative estimate of drug-likeness (QED) is 0.158. The number of thioether (sulfide) groups is 1. The van der Waals surface area contributed by atoms with Crippen LogP contribution >= 0.6 is 11.8 Å². The number of nitrogen functional groups attached to an aromatic ring is 1. The van der Waals surface area contributed by atoms with E-state index in [1.165, 1.54) is 30.3 Å². The molecule has 4 rings (SSSR count). The van der Waals surface area contributed by atoms with Crippen molar-refractivity contribution in [2.75, 3.05) is 29.5 Å². The topological polar surface area (TPSA) is 32.5 Å². The molecule has 0 radical (unpaired) electrons. The van der Waals surface area contributed by atoms with E-state index in [0.717, 1.165) is 49.3 Å². The van der Waals surface area contributed by atoms with Crippen LogP contribution in [0, 0.1) is 11.6 Å².